The van der Waals surface area contributed by atoms with Crippen molar-refractivity contribution in [2.45, 2.75) is 24.9 Å². The maximum Gasteiger partial charge on any atom is 0.323 e. The maximum atomic E-state index is 10.8. The number of carbonyl (C=O) groups excluding carboxylic acids is 1. The van der Waals surface area contributed by atoms with E-state index in [4.69, 9.17) is 18.9 Å². The van der Waals surface area contributed by atoms with Crippen LogP contribution in [0.4, 0.5) is 0 Å². The van der Waals surface area contributed by atoms with E-state index in [9.17, 15) is 4.79 Å². The lowest BCUT2D eigenvalue weighted by atomic mass is 10.1. The van der Waals surface area contributed by atoms with Crippen LogP contribution in [-0.4, -0.2) is 24.7 Å². The highest BCUT2D eigenvalue weighted by molar-refractivity contribution is 5.85. The second-order valence-electron chi connectivity index (χ2n) is 2.18. The van der Waals surface area contributed by atoms with Crippen LogP contribution in [0.25, 0.3) is 0 Å². The number of rotatable bonds is 2. The fourth-order valence-corrected chi connectivity index (χ4v) is 0.859. The van der Waals surface area contributed by atoms with E-state index >= 15 is 0 Å². The van der Waals surface area contributed by atoms with E-state index in [1.54, 1.807) is 0 Å². The fraction of sp³-hybridized carbons (Fsp3) is 0.833. The monoisotopic (exact) mass is 218 g/mol. The summed E-state index contributed by atoms with van der Waals surface area (Å²) >= 11 is 0. The van der Waals surface area contributed by atoms with Gasteiger partial charge in [0.1, 0.15) is 12.1 Å². The molecule has 0 aliphatic carbocycles. The zero-order valence-corrected chi connectivity index (χ0v) is 7.99. The molecule has 1 aliphatic heterocycles. The standard InChI is InChI=1S/C6H12N2O2.2ClH/c7-2-1-4-3-5(8)6(9)10-4;;/h4-5H,1-3,7-8H2;2*1H/i1D2;;. The van der Waals surface area contributed by atoms with Gasteiger partial charge >= 0.3 is 5.97 Å². The average Bonchev–Trinajstić information content (AvgIpc) is 2.33. The zero-order valence-electron chi connectivity index (χ0n) is 8.36. The summed E-state index contributed by atoms with van der Waals surface area (Å²) in [6.07, 6.45) is -2.24. The van der Waals surface area contributed by atoms with E-state index in [0.29, 0.717) is 0 Å². The van der Waals surface area contributed by atoms with Crippen molar-refractivity contribution in [1.82, 2.24) is 0 Å². The first-order chi connectivity index (χ1) is 5.47. The molecule has 0 aromatic heterocycles. The first-order valence-corrected chi connectivity index (χ1v) is 3.13. The number of ether oxygens (including phenoxy) is 1. The summed E-state index contributed by atoms with van der Waals surface area (Å²) in [6, 6.07) is -0.698. The van der Waals surface area contributed by atoms with Gasteiger partial charge in [0.2, 0.25) is 0 Å². The Balaban J connectivity index is 0. The van der Waals surface area contributed by atoms with Gasteiger partial charge in [-0.25, -0.2) is 0 Å². The molecule has 0 aromatic rings. The van der Waals surface area contributed by atoms with Gasteiger partial charge in [-0.15, -0.1) is 24.8 Å². The van der Waals surface area contributed by atoms with Crippen molar-refractivity contribution in [3.8, 4) is 0 Å². The van der Waals surface area contributed by atoms with E-state index in [1.807, 2.05) is 0 Å². The summed E-state index contributed by atoms with van der Waals surface area (Å²) in [6.45, 7) is -0.169. The Morgan fingerprint density at radius 3 is 2.58 bits per heavy atom. The number of cyclic esters (lactones) is 1. The predicted molar refractivity (Wildman–Crippen MR) is 50.6 cm³/mol. The van der Waals surface area contributed by atoms with E-state index in [1.165, 1.54) is 0 Å². The molecule has 4 nitrogen and oxygen atoms in total. The predicted octanol–water partition coefficient (Wildman–Crippen LogP) is -0.178. The fourth-order valence-electron chi connectivity index (χ4n) is 0.859. The van der Waals surface area contributed by atoms with Crippen molar-refractivity contribution in [1.29, 1.82) is 0 Å². The number of esters is 1. The Kier molecular flexibility index (Phi) is 5.43. The summed E-state index contributed by atoms with van der Waals surface area (Å²) < 4.78 is 19.4. The van der Waals surface area contributed by atoms with Crippen molar-refractivity contribution >= 4 is 30.8 Å². The van der Waals surface area contributed by atoms with Crippen LogP contribution in [0.1, 0.15) is 15.5 Å². The maximum absolute atomic E-state index is 10.8. The van der Waals surface area contributed by atoms with Crippen molar-refractivity contribution in [3.05, 3.63) is 0 Å². The van der Waals surface area contributed by atoms with Crippen LogP contribution in [0.5, 0.6) is 0 Å². The summed E-state index contributed by atoms with van der Waals surface area (Å²) in [5.74, 6) is -0.544. The van der Waals surface area contributed by atoms with Crippen LogP contribution in [0.2, 0.25) is 0 Å². The van der Waals surface area contributed by atoms with Crippen LogP contribution in [0.15, 0.2) is 0 Å². The molecule has 0 saturated carbocycles. The molecular weight excluding hydrogens is 203 g/mol. The molecule has 0 amide bonds. The first-order valence-electron chi connectivity index (χ1n) is 4.13. The van der Waals surface area contributed by atoms with Gasteiger partial charge in [-0.1, -0.05) is 0 Å². The molecule has 2 unspecified atom stereocenters. The SMILES string of the molecule is Cl.Cl.[2H]C([2H])(CN)C1CC(N)C(=O)O1. The van der Waals surface area contributed by atoms with Crippen LogP contribution in [0, 0.1) is 0 Å². The zero-order chi connectivity index (χ0) is 9.35. The molecule has 74 valence electrons. The quantitative estimate of drug-likeness (QED) is 0.631. The molecule has 6 heteroatoms. The lowest BCUT2D eigenvalue weighted by Crippen LogP contribution is -2.24. The summed E-state index contributed by atoms with van der Waals surface area (Å²) in [7, 11) is 0. The molecule has 0 radical (unpaired) electrons. The minimum absolute atomic E-state index is 0. The van der Waals surface area contributed by atoms with Crippen molar-refractivity contribution in [2.24, 2.45) is 11.5 Å². The molecule has 2 atom stereocenters. The Morgan fingerprint density at radius 2 is 2.25 bits per heavy atom. The van der Waals surface area contributed by atoms with Crippen LogP contribution in [-0.2, 0) is 9.53 Å². The molecule has 1 heterocycles. The summed E-state index contributed by atoms with van der Waals surface area (Å²) in [4.78, 5) is 10.8. The number of hydrogen-bond donors (Lipinski definition) is 2. The van der Waals surface area contributed by atoms with Gasteiger partial charge in [-0.2, -0.15) is 0 Å². The van der Waals surface area contributed by atoms with Gasteiger partial charge in [0.05, 0.1) is 0 Å². The molecule has 4 N–H and O–H groups in total. The van der Waals surface area contributed by atoms with E-state index in [0.717, 1.165) is 0 Å². The molecule has 0 spiro atoms. The average molecular weight is 219 g/mol. The second kappa shape index (κ2) is 6.48. The summed E-state index contributed by atoms with van der Waals surface area (Å²) in [5, 5.41) is 0. The van der Waals surface area contributed by atoms with Gasteiger partial charge in [0.25, 0.3) is 0 Å². The Labute approximate surface area is 86.6 Å². The molecule has 0 aromatic carbocycles. The number of carbonyl (C=O) groups is 1. The first kappa shape index (κ1) is 10.1. The van der Waals surface area contributed by atoms with Crippen molar-refractivity contribution < 1.29 is 12.3 Å². The molecule has 12 heavy (non-hydrogen) atoms. The highest BCUT2D eigenvalue weighted by atomic mass is 35.5. The number of nitrogens with two attached hydrogens (primary N) is 2. The molecule has 1 rings (SSSR count). The highest BCUT2D eigenvalue weighted by Crippen LogP contribution is 2.14. The smallest absolute Gasteiger partial charge is 0.323 e. The number of hydrogen-bond acceptors (Lipinski definition) is 4. The molecule has 1 aliphatic rings. The Bertz CT molecular complexity index is 206. The normalized spacial score (nSPS) is 30.7. The lowest BCUT2D eigenvalue weighted by molar-refractivity contribution is -0.142. The highest BCUT2D eigenvalue weighted by Gasteiger charge is 2.30. The largest absolute Gasteiger partial charge is 0.461 e. The van der Waals surface area contributed by atoms with Gasteiger partial charge in [-0.3, -0.25) is 4.79 Å². The number of halogens is 2. The third-order valence-corrected chi connectivity index (χ3v) is 1.37. The Hall–Kier alpha value is -0.0300. The van der Waals surface area contributed by atoms with Crippen LogP contribution >= 0.6 is 24.8 Å². The molecule has 1 saturated heterocycles. The molecule has 1 fully saturated rings. The van der Waals surface area contributed by atoms with E-state index in [-0.39, 0.29) is 37.8 Å². The van der Waals surface area contributed by atoms with Gasteiger partial charge < -0.3 is 16.2 Å². The van der Waals surface area contributed by atoms with E-state index < -0.39 is 24.5 Å². The lowest BCUT2D eigenvalue weighted by Gasteiger charge is -2.04. The van der Waals surface area contributed by atoms with Crippen molar-refractivity contribution in [2.75, 3.05) is 6.54 Å². The topological polar surface area (TPSA) is 78.3 Å². The third-order valence-electron chi connectivity index (χ3n) is 1.37. The minimum Gasteiger partial charge on any atom is -0.461 e. The van der Waals surface area contributed by atoms with Crippen LogP contribution in [0.3, 0.4) is 0 Å². The van der Waals surface area contributed by atoms with Gasteiger partial charge in [0.15, 0.2) is 0 Å². The molecular formula is C6H14Cl2N2O2. The van der Waals surface area contributed by atoms with Gasteiger partial charge in [-0.05, 0) is 12.9 Å². The third kappa shape index (κ3) is 3.58. The van der Waals surface area contributed by atoms with Crippen LogP contribution < -0.4 is 11.5 Å². The minimum atomic E-state index is -1.66. The molecule has 0 bridgehead atoms. The van der Waals surface area contributed by atoms with E-state index in [2.05, 4.69) is 0 Å². The Morgan fingerprint density at radius 1 is 1.67 bits per heavy atom. The van der Waals surface area contributed by atoms with Crippen molar-refractivity contribution in [3.63, 3.8) is 0 Å². The summed E-state index contributed by atoms with van der Waals surface area (Å²) in [5.41, 5.74) is 10.5. The van der Waals surface area contributed by atoms with Gasteiger partial charge in [0, 0.05) is 9.16 Å². The second-order valence-corrected chi connectivity index (χ2v) is 2.18.